The molecule has 0 spiro atoms. The van der Waals surface area contributed by atoms with Crippen molar-refractivity contribution in [3.05, 3.63) is 17.3 Å². The topological polar surface area (TPSA) is 91.6 Å². The molecule has 1 fully saturated rings. The predicted octanol–water partition coefficient (Wildman–Crippen LogP) is 0.737. The van der Waals surface area contributed by atoms with Crippen molar-refractivity contribution >= 4 is 27.4 Å². The summed E-state index contributed by atoms with van der Waals surface area (Å²) in [6.45, 7) is 3.26. The molecule has 0 saturated carbocycles. The fraction of sp³-hybridized carbons (Fsp3) is 0.583. The molecule has 0 unspecified atom stereocenters. The third-order valence-corrected chi connectivity index (χ3v) is 5.70. The first-order valence-electron chi connectivity index (χ1n) is 6.76. The number of nitrogens with zero attached hydrogens (tertiary/aromatic N) is 3. The zero-order chi connectivity index (χ0) is 15.5. The third kappa shape index (κ3) is 3.83. The number of pyridine rings is 1. The Labute approximate surface area is 130 Å². The van der Waals surface area contributed by atoms with Crippen LogP contribution in [-0.2, 0) is 10.0 Å². The highest BCUT2D eigenvalue weighted by Gasteiger charge is 2.23. The zero-order valence-electron chi connectivity index (χ0n) is 11.9. The van der Waals surface area contributed by atoms with Crippen LogP contribution in [0.25, 0.3) is 0 Å². The summed E-state index contributed by atoms with van der Waals surface area (Å²) in [4.78, 5) is 6.23. The van der Waals surface area contributed by atoms with Crippen molar-refractivity contribution in [2.75, 3.05) is 38.7 Å². The lowest BCUT2D eigenvalue weighted by Gasteiger charge is -2.21. The van der Waals surface area contributed by atoms with Crippen molar-refractivity contribution in [1.29, 1.82) is 0 Å². The molecular weight excluding hydrogens is 314 g/mol. The second-order valence-corrected chi connectivity index (χ2v) is 7.47. The Balaban J connectivity index is 2.07. The van der Waals surface area contributed by atoms with Crippen molar-refractivity contribution in [2.45, 2.75) is 17.7 Å². The van der Waals surface area contributed by atoms with Crippen LogP contribution in [0.4, 0.5) is 5.82 Å². The first-order valence-corrected chi connectivity index (χ1v) is 8.58. The van der Waals surface area contributed by atoms with E-state index in [1.807, 2.05) is 0 Å². The van der Waals surface area contributed by atoms with Gasteiger partial charge in [-0.05, 0) is 32.0 Å². The molecule has 9 heteroatoms. The molecular formula is C12H20ClN5O2S. The summed E-state index contributed by atoms with van der Waals surface area (Å²) in [6, 6.07) is 1.35. The van der Waals surface area contributed by atoms with E-state index in [4.69, 9.17) is 17.4 Å². The molecule has 1 aliphatic rings. The monoisotopic (exact) mass is 333 g/mol. The van der Waals surface area contributed by atoms with Gasteiger partial charge in [0.15, 0.2) is 5.82 Å². The van der Waals surface area contributed by atoms with E-state index in [1.54, 1.807) is 7.05 Å². The number of rotatable bonds is 6. The maximum atomic E-state index is 12.4. The zero-order valence-corrected chi connectivity index (χ0v) is 13.5. The molecule has 1 aromatic heterocycles. The largest absolute Gasteiger partial charge is 0.307 e. The van der Waals surface area contributed by atoms with Crippen LogP contribution in [0.2, 0.25) is 5.02 Å². The van der Waals surface area contributed by atoms with Gasteiger partial charge < -0.3 is 10.3 Å². The van der Waals surface area contributed by atoms with Crippen LogP contribution in [0.5, 0.6) is 0 Å². The predicted molar refractivity (Wildman–Crippen MR) is 82.5 cm³/mol. The van der Waals surface area contributed by atoms with Crippen LogP contribution < -0.4 is 11.3 Å². The molecule has 2 heterocycles. The minimum atomic E-state index is -3.59. The minimum Gasteiger partial charge on any atom is -0.307 e. The van der Waals surface area contributed by atoms with Gasteiger partial charge in [-0.1, -0.05) is 11.6 Å². The molecule has 0 radical (unpaired) electrons. The Kier molecular flexibility index (Phi) is 5.39. The maximum absolute atomic E-state index is 12.4. The van der Waals surface area contributed by atoms with Gasteiger partial charge in [-0.15, -0.1) is 0 Å². The molecule has 0 atom stereocenters. The van der Waals surface area contributed by atoms with E-state index < -0.39 is 10.0 Å². The summed E-state index contributed by atoms with van der Waals surface area (Å²) in [5.41, 5.74) is 2.31. The van der Waals surface area contributed by atoms with Crippen LogP contribution in [-0.4, -0.2) is 55.8 Å². The molecule has 0 bridgehead atoms. The first-order chi connectivity index (χ1) is 9.95. The van der Waals surface area contributed by atoms with Gasteiger partial charge in [-0.2, -0.15) is 4.31 Å². The summed E-state index contributed by atoms with van der Waals surface area (Å²) in [5.74, 6) is 5.47. The van der Waals surface area contributed by atoms with E-state index >= 15 is 0 Å². The van der Waals surface area contributed by atoms with Crippen molar-refractivity contribution in [1.82, 2.24) is 14.2 Å². The summed E-state index contributed by atoms with van der Waals surface area (Å²) in [6.07, 6.45) is 3.62. The lowest BCUT2D eigenvalue weighted by Crippen LogP contribution is -2.35. The van der Waals surface area contributed by atoms with E-state index in [-0.39, 0.29) is 15.7 Å². The van der Waals surface area contributed by atoms with Gasteiger partial charge in [0.1, 0.15) is 4.90 Å². The fourth-order valence-corrected chi connectivity index (χ4v) is 3.68. The average Bonchev–Trinajstić information content (AvgIpc) is 2.97. The van der Waals surface area contributed by atoms with Gasteiger partial charge in [0.2, 0.25) is 10.0 Å². The Morgan fingerprint density at radius 2 is 2.14 bits per heavy atom. The van der Waals surface area contributed by atoms with Gasteiger partial charge in [0.25, 0.3) is 0 Å². The number of nitrogens with two attached hydrogens (primary N) is 1. The van der Waals surface area contributed by atoms with Gasteiger partial charge in [0, 0.05) is 26.3 Å². The number of hydrogen-bond acceptors (Lipinski definition) is 6. The smallest absolute Gasteiger partial charge is 0.244 e. The molecule has 0 aliphatic carbocycles. The number of hydrogen-bond donors (Lipinski definition) is 2. The van der Waals surface area contributed by atoms with E-state index in [0.717, 1.165) is 19.6 Å². The molecule has 2 rings (SSSR count). The van der Waals surface area contributed by atoms with Crippen molar-refractivity contribution in [3.63, 3.8) is 0 Å². The lowest BCUT2D eigenvalue weighted by molar-refractivity contribution is 0.310. The van der Waals surface area contributed by atoms with Gasteiger partial charge >= 0.3 is 0 Å². The molecule has 1 aliphatic heterocycles. The van der Waals surface area contributed by atoms with Crippen LogP contribution in [0.15, 0.2) is 17.2 Å². The number of sulfonamides is 1. The summed E-state index contributed by atoms with van der Waals surface area (Å²) >= 11 is 5.92. The second kappa shape index (κ2) is 6.89. The van der Waals surface area contributed by atoms with Crippen molar-refractivity contribution < 1.29 is 8.42 Å². The third-order valence-electron chi connectivity index (χ3n) is 3.59. The number of anilines is 1. The van der Waals surface area contributed by atoms with Crippen molar-refractivity contribution in [3.8, 4) is 0 Å². The van der Waals surface area contributed by atoms with Gasteiger partial charge in [-0.25, -0.2) is 19.2 Å². The van der Waals surface area contributed by atoms with Crippen LogP contribution in [0.1, 0.15) is 12.8 Å². The van der Waals surface area contributed by atoms with Gasteiger partial charge in [-0.3, -0.25) is 0 Å². The Bertz CT molecular complexity index is 589. The van der Waals surface area contributed by atoms with E-state index in [1.165, 1.54) is 29.4 Å². The van der Waals surface area contributed by atoms with E-state index in [9.17, 15) is 8.42 Å². The molecule has 0 aromatic carbocycles. The number of aromatic nitrogens is 1. The molecule has 7 nitrogen and oxygen atoms in total. The first kappa shape index (κ1) is 16.4. The highest BCUT2D eigenvalue weighted by molar-refractivity contribution is 7.89. The molecule has 1 saturated heterocycles. The van der Waals surface area contributed by atoms with E-state index in [0.29, 0.717) is 6.54 Å². The van der Waals surface area contributed by atoms with Crippen LogP contribution in [0, 0.1) is 0 Å². The fourth-order valence-electron chi connectivity index (χ4n) is 2.26. The highest BCUT2D eigenvalue weighted by Crippen LogP contribution is 2.23. The number of hydrazine groups is 1. The lowest BCUT2D eigenvalue weighted by atomic mass is 10.4. The van der Waals surface area contributed by atoms with Crippen LogP contribution >= 0.6 is 11.6 Å². The Morgan fingerprint density at radius 1 is 1.48 bits per heavy atom. The average molecular weight is 334 g/mol. The number of nitrogens with one attached hydrogen (secondary N) is 1. The highest BCUT2D eigenvalue weighted by atomic mass is 35.5. The van der Waals surface area contributed by atoms with Gasteiger partial charge in [0.05, 0.1) is 5.02 Å². The second-order valence-electron chi connectivity index (χ2n) is 5.02. The molecule has 118 valence electrons. The number of likely N-dealkylation sites (N-methyl/N-ethyl adjacent to an activating group) is 1. The minimum absolute atomic E-state index is 0.0652. The Hall–Kier alpha value is -0.930. The van der Waals surface area contributed by atoms with Crippen molar-refractivity contribution in [2.24, 2.45) is 5.84 Å². The maximum Gasteiger partial charge on any atom is 0.244 e. The molecule has 21 heavy (non-hydrogen) atoms. The summed E-state index contributed by atoms with van der Waals surface area (Å²) < 4.78 is 26.2. The molecule has 1 aromatic rings. The summed E-state index contributed by atoms with van der Waals surface area (Å²) in [5, 5.41) is 0.173. The SMILES string of the molecule is CN(CCN1CCCC1)S(=O)(=O)c1cnc(NN)c(Cl)c1. The number of halogens is 1. The molecule has 0 amide bonds. The summed E-state index contributed by atoms with van der Waals surface area (Å²) in [7, 11) is -2.02. The number of likely N-dealkylation sites (tertiary alicyclic amines) is 1. The standard InChI is InChI=1S/C12H20ClN5O2S/c1-17(6-7-18-4-2-3-5-18)21(19,20)10-8-11(13)12(16-14)15-9-10/h8-9H,2-7,14H2,1H3,(H,15,16). The van der Waals surface area contributed by atoms with E-state index in [2.05, 4.69) is 15.3 Å². The Morgan fingerprint density at radius 3 is 2.71 bits per heavy atom. The molecule has 3 N–H and O–H groups in total. The quantitative estimate of drug-likeness (QED) is 0.589. The normalized spacial score (nSPS) is 16.6. The number of nitrogen functional groups attached to an aromatic ring is 1. The van der Waals surface area contributed by atoms with Crippen LogP contribution in [0.3, 0.4) is 0 Å².